The predicted molar refractivity (Wildman–Crippen MR) is 74.8 cm³/mol. The number of anilines is 1. The Bertz CT molecular complexity index is 508. The first kappa shape index (κ1) is 13.3. The van der Waals surface area contributed by atoms with Crippen molar-refractivity contribution in [3.8, 4) is 0 Å². The molecule has 2 fully saturated rings. The van der Waals surface area contributed by atoms with Gasteiger partial charge in [-0.15, -0.1) is 0 Å². The van der Waals surface area contributed by atoms with Crippen LogP contribution in [0.15, 0.2) is 6.20 Å². The second kappa shape index (κ2) is 5.36. The Hall–Kier alpha value is -1.69. The van der Waals surface area contributed by atoms with Gasteiger partial charge >= 0.3 is 5.97 Å². The largest absolute Gasteiger partial charge is 0.462 e. The van der Waals surface area contributed by atoms with Gasteiger partial charge in [-0.2, -0.15) is 0 Å². The Labute approximate surface area is 118 Å². The van der Waals surface area contributed by atoms with E-state index in [1.165, 1.54) is 0 Å². The molecule has 20 heavy (non-hydrogen) atoms. The number of hydrogen-bond acceptors (Lipinski definition) is 6. The lowest BCUT2D eigenvalue weighted by Crippen LogP contribution is -2.27. The highest BCUT2D eigenvalue weighted by atomic mass is 16.5. The van der Waals surface area contributed by atoms with Crippen LogP contribution in [0.5, 0.6) is 0 Å². The number of carbonyl (C=O) groups excluding carboxylic acids is 1. The molecule has 2 saturated heterocycles. The van der Waals surface area contributed by atoms with Gasteiger partial charge in [0.15, 0.2) is 0 Å². The van der Waals surface area contributed by atoms with E-state index in [0.717, 1.165) is 32.1 Å². The zero-order valence-electron chi connectivity index (χ0n) is 11.9. The number of hydrogen-bond donors (Lipinski definition) is 1. The van der Waals surface area contributed by atoms with Crippen LogP contribution in [0.1, 0.15) is 23.0 Å². The molecular weight excluding hydrogens is 256 g/mol. The van der Waals surface area contributed by atoms with Crippen molar-refractivity contribution in [2.24, 2.45) is 11.8 Å². The van der Waals surface area contributed by atoms with Crippen LogP contribution in [0, 0.1) is 18.8 Å². The Morgan fingerprint density at radius 3 is 2.75 bits per heavy atom. The number of aromatic nitrogens is 2. The van der Waals surface area contributed by atoms with Crippen molar-refractivity contribution in [1.29, 1.82) is 0 Å². The minimum Gasteiger partial charge on any atom is -0.462 e. The Balaban J connectivity index is 1.75. The molecule has 2 aliphatic heterocycles. The number of aryl methyl sites for hydroxylation is 1. The first-order valence-electron chi connectivity index (χ1n) is 7.15. The minimum atomic E-state index is -0.348. The molecule has 2 atom stereocenters. The topological polar surface area (TPSA) is 67.3 Å². The van der Waals surface area contributed by atoms with Crippen LogP contribution < -0.4 is 10.2 Å². The normalized spacial score (nSPS) is 24.8. The van der Waals surface area contributed by atoms with Crippen molar-refractivity contribution >= 4 is 11.9 Å². The van der Waals surface area contributed by atoms with E-state index >= 15 is 0 Å². The quantitative estimate of drug-likeness (QED) is 0.816. The average molecular weight is 276 g/mol. The van der Waals surface area contributed by atoms with Crippen LogP contribution in [0.25, 0.3) is 0 Å². The third-order valence-electron chi connectivity index (χ3n) is 4.13. The third kappa shape index (κ3) is 2.35. The molecule has 3 heterocycles. The molecule has 6 nitrogen and oxygen atoms in total. The first-order chi connectivity index (χ1) is 9.69. The van der Waals surface area contributed by atoms with Crippen LogP contribution in [-0.2, 0) is 4.74 Å². The number of carbonyl (C=O) groups is 1. The summed E-state index contributed by atoms with van der Waals surface area (Å²) in [6, 6.07) is 0. The molecular formula is C14H20N4O2. The molecule has 0 bridgehead atoms. The summed E-state index contributed by atoms with van der Waals surface area (Å²) >= 11 is 0. The molecule has 2 unspecified atom stereocenters. The fourth-order valence-corrected chi connectivity index (χ4v) is 3.04. The van der Waals surface area contributed by atoms with E-state index < -0.39 is 0 Å². The summed E-state index contributed by atoms with van der Waals surface area (Å²) < 4.78 is 4.99. The lowest BCUT2D eigenvalue weighted by Gasteiger charge is -2.18. The summed E-state index contributed by atoms with van der Waals surface area (Å²) in [5.41, 5.74) is 1.14. The molecule has 108 valence electrons. The summed E-state index contributed by atoms with van der Waals surface area (Å²) in [5.74, 6) is 1.77. The molecule has 0 amide bonds. The van der Waals surface area contributed by atoms with E-state index in [-0.39, 0.29) is 5.97 Å². The van der Waals surface area contributed by atoms with Crippen molar-refractivity contribution in [2.75, 3.05) is 37.7 Å². The van der Waals surface area contributed by atoms with Crippen molar-refractivity contribution in [1.82, 2.24) is 15.3 Å². The van der Waals surface area contributed by atoms with E-state index in [4.69, 9.17) is 4.74 Å². The summed E-state index contributed by atoms with van der Waals surface area (Å²) in [6.45, 7) is 8.14. The summed E-state index contributed by atoms with van der Waals surface area (Å²) in [6.07, 6.45) is 1.59. The fourth-order valence-electron chi connectivity index (χ4n) is 3.04. The van der Waals surface area contributed by atoms with Crippen molar-refractivity contribution in [3.63, 3.8) is 0 Å². The molecule has 0 spiro atoms. The van der Waals surface area contributed by atoms with Crippen LogP contribution in [0.4, 0.5) is 5.95 Å². The zero-order valence-corrected chi connectivity index (χ0v) is 11.9. The van der Waals surface area contributed by atoms with Gasteiger partial charge in [-0.05, 0) is 25.7 Å². The summed E-state index contributed by atoms with van der Waals surface area (Å²) in [5, 5.41) is 3.42. The summed E-state index contributed by atoms with van der Waals surface area (Å²) in [4.78, 5) is 22.8. The maximum absolute atomic E-state index is 11.7. The zero-order chi connectivity index (χ0) is 14.1. The number of esters is 1. The van der Waals surface area contributed by atoms with Gasteiger partial charge in [-0.3, -0.25) is 0 Å². The highest BCUT2D eigenvalue weighted by Gasteiger charge is 2.37. The fraction of sp³-hybridized carbons (Fsp3) is 0.643. The molecule has 6 heteroatoms. The predicted octanol–water partition coefficient (Wildman–Crippen LogP) is 0.617. The third-order valence-corrected chi connectivity index (χ3v) is 4.13. The minimum absolute atomic E-state index is 0.348. The maximum Gasteiger partial charge on any atom is 0.341 e. The second-order valence-corrected chi connectivity index (χ2v) is 5.47. The van der Waals surface area contributed by atoms with Gasteiger partial charge in [0.05, 0.1) is 17.9 Å². The molecule has 0 aliphatic carbocycles. The molecule has 1 aromatic heterocycles. The number of nitrogens with zero attached hydrogens (tertiary/aromatic N) is 3. The van der Waals surface area contributed by atoms with Crippen molar-refractivity contribution in [2.45, 2.75) is 13.8 Å². The number of ether oxygens (including phenoxy) is 1. The van der Waals surface area contributed by atoms with Crippen LogP contribution in [-0.4, -0.2) is 48.7 Å². The lowest BCUT2D eigenvalue weighted by molar-refractivity contribution is 0.0524. The lowest BCUT2D eigenvalue weighted by atomic mass is 10.0. The Morgan fingerprint density at radius 2 is 2.15 bits per heavy atom. The molecule has 0 saturated carbocycles. The standard InChI is InChI=1S/C14H20N4O2/c1-3-20-13(19)12-6-16-14(17-9(12)2)18-7-10-4-15-5-11(10)8-18/h6,10-11,15H,3-5,7-8H2,1-2H3. The Morgan fingerprint density at radius 1 is 1.45 bits per heavy atom. The monoisotopic (exact) mass is 276 g/mol. The average Bonchev–Trinajstić information content (AvgIpc) is 2.99. The van der Waals surface area contributed by atoms with Crippen molar-refractivity contribution < 1.29 is 9.53 Å². The Kier molecular flexibility index (Phi) is 3.56. The highest BCUT2D eigenvalue weighted by Crippen LogP contribution is 2.28. The first-order valence-corrected chi connectivity index (χ1v) is 7.15. The van der Waals surface area contributed by atoms with Gasteiger partial charge in [0.2, 0.25) is 5.95 Å². The van der Waals surface area contributed by atoms with Gasteiger partial charge < -0.3 is 15.0 Å². The van der Waals surface area contributed by atoms with Crippen LogP contribution in [0.3, 0.4) is 0 Å². The number of fused-ring (bicyclic) bond motifs is 1. The van der Waals surface area contributed by atoms with Crippen LogP contribution >= 0.6 is 0 Å². The molecule has 1 N–H and O–H groups in total. The second-order valence-electron chi connectivity index (χ2n) is 5.47. The van der Waals surface area contributed by atoms with Gasteiger partial charge in [-0.1, -0.05) is 0 Å². The molecule has 3 rings (SSSR count). The maximum atomic E-state index is 11.7. The van der Waals surface area contributed by atoms with Gasteiger partial charge in [0.1, 0.15) is 0 Å². The van der Waals surface area contributed by atoms with E-state index in [2.05, 4.69) is 20.2 Å². The molecule has 2 aliphatic rings. The van der Waals surface area contributed by atoms with Gasteiger partial charge in [0, 0.05) is 32.4 Å². The SMILES string of the molecule is CCOC(=O)c1cnc(N2CC3CNCC3C2)nc1C. The van der Waals surface area contributed by atoms with E-state index in [1.807, 2.05) is 6.92 Å². The molecule has 0 aromatic carbocycles. The van der Waals surface area contributed by atoms with E-state index in [0.29, 0.717) is 29.7 Å². The highest BCUT2D eigenvalue weighted by molar-refractivity contribution is 5.90. The van der Waals surface area contributed by atoms with E-state index in [9.17, 15) is 4.79 Å². The summed E-state index contributed by atoms with van der Waals surface area (Å²) in [7, 11) is 0. The molecule has 1 aromatic rings. The van der Waals surface area contributed by atoms with Gasteiger partial charge in [0.25, 0.3) is 0 Å². The van der Waals surface area contributed by atoms with Crippen LogP contribution in [0.2, 0.25) is 0 Å². The van der Waals surface area contributed by atoms with E-state index in [1.54, 1.807) is 13.1 Å². The van der Waals surface area contributed by atoms with Gasteiger partial charge in [-0.25, -0.2) is 14.8 Å². The number of nitrogens with one attached hydrogen (secondary N) is 1. The molecule has 0 radical (unpaired) electrons. The number of rotatable bonds is 3. The smallest absolute Gasteiger partial charge is 0.341 e. The van der Waals surface area contributed by atoms with Crippen molar-refractivity contribution in [3.05, 3.63) is 17.5 Å².